The van der Waals surface area contributed by atoms with E-state index >= 15 is 8.78 Å². The molecule has 9 atom stereocenters. The number of hydrogen-bond acceptors (Lipinski definition) is 26. The number of hydrogen-bond donors (Lipinski definition) is 8. The van der Waals surface area contributed by atoms with Gasteiger partial charge in [-0.15, -0.1) is 0 Å². The van der Waals surface area contributed by atoms with Crippen molar-refractivity contribution in [2.24, 2.45) is 0 Å². The summed E-state index contributed by atoms with van der Waals surface area (Å²) in [5.74, 6) is -2.89. The minimum atomic E-state index is -4.67. The number of phenolic OH excluding ortho intramolecular Hbond substituents is 2. The summed E-state index contributed by atoms with van der Waals surface area (Å²) in [5, 5.41) is 45.1. The van der Waals surface area contributed by atoms with E-state index in [2.05, 4.69) is 66.5 Å². The lowest BCUT2D eigenvalue weighted by Gasteiger charge is -2.41. The monoisotopic (exact) mass is 2110 g/mol. The number of alkyl halides is 9. The number of nitrogens with zero attached hydrogens (tertiary/aromatic N) is 11. The van der Waals surface area contributed by atoms with Crippen LogP contribution in [0.2, 0.25) is 0 Å². The number of benzene rings is 8. The topological polar surface area (TPSA) is 396 Å². The van der Waals surface area contributed by atoms with Gasteiger partial charge in [-0.2, -0.15) is 39.5 Å². The third kappa shape index (κ3) is 28.2. The van der Waals surface area contributed by atoms with Crippen LogP contribution in [0.25, 0.3) is 0 Å². The third-order valence-corrected chi connectivity index (χ3v) is 29.7. The smallest absolute Gasteiger partial charge is 0.416 e. The van der Waals surface area contributed by atoms with Crippen LogP contribution in [-0.2, 0) is 71.3 Å². The van der Waals surface area contributed by atoms with Gasteiger partial charge >= 0.3 is 18.5 Å². The summed E-state index contributed by atoms with van der Waals surface area (Å²) in [4.78, 5) is 43.9. The third-order valence-electron chi connectivity index (χ3n) is 24.1. The molecule has 3 fully saturated rings. The van der Waals surface area contributed by atoms with Gasteiger partial charge in [0, 0.05) is 119 Å². The second-order valence-electron chi connectivity index (χ2n) is 33.5. The molecule has 0 aliphatic heterocycles. The maximum absolute atomic E-state index is 16.0. The second-order valence-corrected chi connectivity index (χ2v) is 39.7. The van der Waals surface area contributed by atoms with E-state index in [-0.39, 0.29) is 109 Å². The molecule has 3 saturated carbocycles. The van der Waals surface area contributed by atoms with Gasteiger partial charge in [0.2, 0.25) is 0 Å². The van der Waals surface area contributed by atoms with Crippen LogP contribution in [0.4, 0.5) is 87.2 Å². The van der Waals surface area contributed by atoms with Crippen LogP contribution in [-0.4, -0.2) is 210 Å². The van der Waals surface area contributed by atoms with Crippen molar-refractivity contribution in [2.75, 3.05) is 100 Å². The highest BCUT2D eigenvalue weighted by atomic mass is 79.9. The fourth-order valence-corrected chi connectivity index (χ4v) is 21.8. The molecule has 8 aromatic carbocycles. The zero-order valence-electron chi connectivity index (χ0n) is 77.9. The first-order chi connectivity index (χ1) is 67.1. The Morgan fingerprint density at radius 2 is 0.754 bits per heavy atom. The van der Waals surface area contributed by atoms with E-state index in [9.17, 15) is 79.4 Å². The highest BCUT2D eigenvalue weighted by Gasteiger charge is 2.42. The van der Waals surface area contributed by atoms with Crippen molar-refractivity contribution in [1.82, 2.24) is 44.6 Å². The lowest BCUT2D eigenvalue weighted by molar-refractivity contribution is -0.138. The molecule has 764 valence electrons. The highest BCUT2D eigenvalue weighted by molar-refractivity contribution is 9.10. The quantitative estimate of drug-likeness (QED) is 0.0123. The molecule has 0 radical (unpaired) electrons. The van der Waals surface area contributed by atoms with Crippen LogP contribution < -0.4 is 48.2 Å². The first-order valence-corrected chi connectivity index (χ1v) is 48.6. The average molecular weight is 2120 g/mol. The number of methoxy groups -OCH3 is 4. The van der Waals surface area contributed by atoms with Gasteiger partial charge in [-0.1, -0.05) is 54.6 Å². The van der Waals surface area contributed by atoms with Crippen LogP contribution in [0.3, 0.4) is 0 Å². The zero-order valence-corrected chi connectivity index (χ0v) is 82.0. The van der Waals surface area contributed by atoms with E-state index in [1.165, 1.54) is 114 Å². The number of anilines is 6. The van der Waals surface area contributed by atoms with Crippen molar-refractivity contribution in [3.8, 4) is 34.5 Å². The lowest BCUT2D eigenvalue weighted by atomic mass is 9.78. The summed E-state index contributed by atoms with van der Waals surface area (Å²) >= 11 is 3.45. The SMILES string of the molecule is CN(C)[C@H]1C[C@@H](c2cccc(C(F)(F)F)c2)CC[C@@H]1Nc1cc(F)c(S(=O)(=O)Nc2ccncn2)cc1O.COc1ccc(CN(c2ccncn2)S(=O)(=O)c2cc(Br)c(N[C@H]3CC[C@H](c4cccc(C(F)(F)F)c4)C[C@@H]3N(C)C)cc2F)c(OC)c1.COc1ccc(CN(c2ccncn2)S(=O)(=O)c2cc(O)c(N[C@H]3CC[C@H](c4cccc(C(F)(F)F)c4)C[C@@H]3N(C)C)cc2F)c(OC)c1.O=CO.O=CO. The van der Waals surface area contributed by atoms with Crippen LogP contribution in [0, 0.1) is 17.5 Å². The largest absolute Gasteiger partial charge is 0.506 e. The van der Waals surface area contributed by atoms with E-state index in [1.54, 1.807) is 54.6 Å². The van der Waals surface area contributed by atoms with E-state index < -0.39 is 109 Å². The number of ether oxygens (including phenoxy) is 4. The molecule has 3 aliphatic rings. The van der Waals surface area contributed by atoms with Crippen LogP contribution in [0.1, 0.15) is 120 Å². The summed E-state index contributed by atoms with van der Waals surface area (Å²) < 4.78 is 274. The number of nitrogens with one attached hydrogen (secondary N) is 4. The van der Waals surface area contributed by atoms with Gasteiger partial charge in [0.15, 0.2) is 0 Å². The maximum atomic E-state index is 16.0. The Kier molecular flexibility index (Phi) is 37.9. The number of sulfonamides is 3. The first-order valence-electron chi connectivity index (χ1n) is 43.4. The van der Waals surface area contributed by atoms with Crippen molar-refractivity contribution in [3.05, 3.63) is 268 Å². The zero-order chi connectivity index (χ0) is 104. The normalized spacial score (nSPS) is 18.2. The number of halogens is 13. The van der Waals surface area contributed by atoms with E-state index in [0.717, 1.165) is 69.8 Å². The number of likely N-dealkylation sites (N-methyl/N-ethyl adjacent to an activating group) is 3. The fourth-order valence-electron chi connectivity index (χ4n) is 17.1. The molecule has 3 aliphatic carbocycles. The van der Waals surface area contributed by atoms with Gasteiger partial charge in [-0.05, 0) is 211 Å². The van der Waals surface area contributed by atoms with Crippen molar-refractivity contribution in [2.45, 2.75) is 158 Å². The maximum Gasteiger partial charge on any atom is 0.416 e. The molecule has 31 nitrogen and oxygen atoms in total. The molecule has 0 saturated heterocycles. The van der Waals surface area contributed by atoms with Crippen molar-refractivity contribution in [1.29, 1.82) is 0 Å². The number of carbonyl (C=O) groups is 2. The van der Waals surface area contributed by atoms with Gasteiger partial charge in [-0.3, -0.25) is 14.3 Å². The Morgan fingerprint density at radius 1 is 0.423 bits per heavy atom. The summed E-state index contributed by atoms with van der Waals surface area (Å²) in [6, 6.07) is 34.5. The molecule has 8 N–H and O–H groups in total. The van der Waals surface area contributed by atoms with Crippen molar-refractivity contribution in [3.63, 3.8) is 0 Å². The van der Waals surface area contributed by atoms with Gasteiger partial charge in [-0.25, -0.2) is 76.9 Å². The number of aromatic hydroxyl groups is 2. The minimum Gasteiger partial charge on any atom is -0.506 e. The Hall–Kier alpha value is -13.1. The standard InChI is InChI=1S/C34H36BrF4N5O4S.C34H37F4N5O5S.C25H27F4N5O3S.2CH2O2/c1-43(2)30-15-22(21-6-5-7-24(14-21)34(37,38)39)9-11-28(30)42-29-18-27(36)32(17-26(29)35)49(45,46)44(33-12-13-40-20-41-33)19-23-8-10-25(47-3)16-31(23)48-4;1-42(2)29-15-22(21-6-5-7-24(14-21)34(36,37)38)9-11-27(29)41-28-17-26(35)32(18-30(28)44)49(45,46)43(33-12-13-39-20-40-33)19-23-8-10-25(47-3)16-31(23)48-4;1-34(2)21-11-16(15-4-3-5-17(10-15)25(27,28)29)6-7-19(21)32-20-12-18(26)23(13-22(20)35)38(36,37)33-24-8-9-30-14-31-24;2*2-1-3/h5-8,10,12-14,16-18,20,22,28,30,42H,9,11,15,19H2,1-4H3;5-8,10,12-14,16-18,20,22,27,29,41,44H,9,11,15,19H2,1-4H3;3-5,8-10,12-14,16,19,21,32,35H,6-7,11H2,1-2H3,(H,30,31,33);2*1H,(H,2,3)/t22-,28-,30-;22-,27-,29-;16-,19-,21-;;/m000../s1. The summed E-state index contributed by atoms with van der Waals surface area (Å²) in [5.41, 5.74) is 0.997. The molecule has 11 aromatic rings. The number of aromatic nitrogens is 6. The van der Waals surface area contributed by atoms with Gasteiger partial charge in [0.1, 0.15) is 103 Å². The minimum absolute atomic E-state index is 0.0119. The van der Waals surface area contributed by atoms with Crippen molar-refractivity contribution < 1.29 is 127 Å². The molecular formula is C95H104BrF12N15O16S3. The average Bonchev–Trinajstić information content (AvgIpc) is 0.766. The van der Waals surface area contributed by atoms with E-state index in [4.69, 9.17) is 38.7 Å². The number of rotatable bonds is 29. The lowest BCUT2D eigenvalue weighted by Crippen LogP contribution is -2.47. The predicted octanol–water partition coefficient (Wildman–Crippen LogP) is 18.1. The molecule has 0 bridgehead atoms. The predicted molar refractivity (Wildman–Crippen MR) is 509 cm³/mol. The Labute approximate surface area is 820 Å². The van der Waals surface area contributed by atoms with Crippen LogP contribution >= 0.6 is 15.9 Å². The molecule has 0 spiro atoms. The summed E-state index contributed by atoms with van der Waals surface area (Å²) in [7, 11) is 3.38. The van der Waals surface area contributed by atoms with Gasteiger partial charge in [0.05, 0.1) is 75.3 Å². The molecule has 142 heavy (non-hydrogen) atoms. The number of carboxylic acid groups (broad SMARTS) is 2. The van der Waals surface area contributed by atoms with Gasteiger partial charge in [0.25, 0.3) is 43.0 Å². The second kappa shape index (κ2) is 48.6. The molecule has 0 amide bonds. The molecule has 0 unspecified atom stereocenters. The highest BCUT2D eigenvalue weighted by Crippen LogP contribution is 2.47. The number of phenols is 2. The molecule has 47 heteroatoms. The van der Waals surface area contributed by atoms with Crippen LogP contribution in [0.15, 0.2) is 221 Å². The summed E-state index contributed by atoms with van der Waals surface area (Å²) in [6.07, 6.45) is -0.836. The van der Waals surface area contributed by atoms with E-state index in [1.807, 2.05) is 57.0 Å². The fraction of sp³-hybridized carbons (Fsp3) is 0.347. The Balaban J connectivity index is 0.000000215. The Morgan fingerprint density at radius 3 is 1.08 bits per heavy atom. The van der Waals surface area contributed by atoms with E-state index in [0.29, 0.717) is 119 Å². The van der Waals surface area contributed by atoms with Gasteiger partial charge < -0.3 is 70.0 Å². The van der Waals surface area contributed by atoms with Crippen molar-refractivity contribution >= 4 is 93.5 Å². The molecule has 3 aromatic heterocycles. The summed E-state index contributed by atoms with van der Waals surface area (Å²) in [6.45, 7) is -1.03. The Bertz CT molecular complexity index is 6200. The van der Waals surface area contributed by atoms with Crippen LogP contribution in [0.5, 0.6) is 34.5 Å². The molecule has 14 rings (SSSR count). The molecular weight excluding hydrogens is 2010 g/mol. The molecule has 3 heterocycles. The first kappa shape index (κ1) is 111.